The SMILES string of the molecule is COC(=O)[C@H]1C[C@@H](Oc2ccccc2F)CN1C(=O)NCc1ccc(OC)c(OC)c1. The predicted octanol–water partition coefficient (Wildman–Crippen LogP) is 2.75. The summed E-state index contributed by atoms with van der Waals surface area (Å²) in [6, 6.07) is 10.0. The standard InChI is InChI=1S/C22H25FN2O6/c1-28-19-9-8-14(10-20(19)29-2)12-24-22(27)25-13-15(11-17(25)21(26)30-3)31-18-7-5-4-6-16(18)23/h4-10,15,17H,11-13H2,1-3H3,(H,24,27)/t15-,17-/m1/s1. The molecular weight excluding hydrogens is 407 g/mol. The van der Waals surface area contributed by atoms with E-state index in [0.717, 1.165) is 5.56 Å². The summed E-state index contributed by atoms with van der Waals surface area (Å²) in [5.41, 5.74) is 0.791. The number of benzene rings is 2. The van der Waals surface area contributed by atoms with Gasteiger partial charge in [-0.05, 0) is 29.8 Å². The molecule has 2 atom stereocenters. The first kappa shape index (κ1) is 22.2. The molecule has 0 bridgehead atoms. The topological polar surface area (TPSA) is 86.3 Å². The average Bonchev–Trinajstić information content (AvgIpc) is 3.22. The second-order valence-corrected chi connectivity index (χ2v) is 6.95. The minimum atomic E-state index is -0.827. The van der Waals surface area contributed by atoms with E-state index >= 15 is 0 Å². The largest absolute Gasteiger partial charge is 0.493 e. The van der Waals surface area contributed by atoms with Crippen LogP contribution in [-0.2, 0) is 16.1 Å². The maximum atomic E-state index is 13.9. The molecule has 1 saturated heterocycles. The Morgan fingerprint density at radius 1 is 1.06 bits per heavy atom. The molecule has 8 nitrogen and oxygen atoms in total. The van der Waals surface area contributed by atoms with Crippen molar-refractivity contribution in [2.75, 3.05) is 27.9 Å². The van der Waals surface area contributed by atoms with Gasteiger partial charge in [-0.15, -0.1) is 0 Å². The smallest absolute Gasteiger partial charge is 0.328 e. The third-order valence-corrected chi connectivity index (χ3v) is 5.02. The van der Waals surface area contributed by atoms with E-state index in [2.05, 4.69) is 5.32 Å². The monoisotopic (exact) mass is 432 g/mol. The zero-order valence-corrected chi connectivity index (χ0v) is 17.6. The Balaban J connectivity index is 1.67. The molecule has 1 aliphatic heterocycles. The number of hydrogen-bond acceptors (Lipinski definition) is 6. The van der Waals surface area contributed by atoms with Crippen molar-refractivity contribution in [2.24, 2.45) is 0 Å². The molecule has 9 heteroatoms. The molecule has 2 amide bonds. The number of carbonyl (C=O) groups is 2. The number of methoxy groups -OCH3 is 3. The van der Waals surface area contributed by atoms with Crippen LogP contribution in [0.1, 0.15) is 12.0 Å². The van der Waals surface area contributed by atoms with E-state index in [-0.39, 0.29) is 25.3 Å². The summed E-state index contributed by atoms with van der Waals surface area (Å²) < 4.78 is 34.9. The normalized spacial score (nSPS) is 17.7. The molecule has 3 rings (SSSR count). The number of halogens is 1. The van der Waals surface area contributed by atoms with Crippen LogP contribution in [-0.4, -0.2) is 56.9 Å². The first-order chi connectivity index (χ1) is 15.0. The van der Waals surface area contributed by atoms with Crippen LogP contribution in [0.15, 0.2) is 42.5 Å². The van der Waals surface area contributed by atoms with Gasteiger partial charge in [0, 0.05) is 13.0 Å². The number of nitrogens with zero attached hydrogens (tertiary/aromatic N) is 1. The van der Waals surface area contributed by atoms with Crippen molar-refractivity contribution < 1.29 is 32.9 Å². The molecule has 0 spiro atoms. The summed E-state index contributed by atoms with van der Waals surface area (Å²) in [6.07, 6.45) is -0.349. The number of urea groups is 1. The van der Waals surface area contributed by atoms with Crippen molar-refractivity contribution >= 4 is 12.0 Å². The second kappa shape index (κ2) is 10.0. The summed E-state index contributed by atoms with van der Waals surface area (Å²) in [5, 5.41) is 2.79. The first-order valence-electron chi connectivity index (χ1n) is 9.71. The lowest BCUT2D eigenvalue weighted by atomic mass is 10.2. The van der Waals surface area contributed by atoms with Crippen LogP contribution in [0.2, 0.25) is 0 Å². The molecule has 0 saturated carbocycles. The first-order valence-corrected chi connectivity index (χ1v) is 9.71. The van der Waals surface area contributed by atoms with Crippen molar-refractivity contribution in [3.63, 3.8) is 0 Å². The van der Waals surface area contributed by atoms with Crippen molar-refractivity contribution in [1.82, 2.24) is 10.2 Å². The molecule has 0 aliphatic carbocycles. The number of esters is 1. The van der Waals surface area contributed by atoms with Crippen LogP contribution in [0.3, 0.4) is 0 Å². The van der Waals surface area contributed by atoms with Gasteiger partial charge in [0.15, 0.2) is 23.1 Å². The minimum absolute atomic E-state index is 0.0729. The molecule has 0 unspecified atom stereocenters. The highest BCUT2D eigenvalue weighted by Gasteiger charge is 2.41. The van der Waals surface area contributed by atoms with Gasteiger partial charge in [0.05, 0.1) is 27.9 Å². The highest BCUT2D eigenvalue weighted by Crippen LogP contribution is 2.28. The van der Waals surface area contributed by atoms with Crippen LogP contribution >= 0.6 is 0 Å². The van der Waals surface area contributed by atoms with Gasteiger partial charge in [-0.1, -0.05) is 18.2 Å². The molecule has 1 N–H and O–H groups in total. The Bertz CT molecular complexity index is 938. The predicted molar refractivity (Wildman–Crippen MR) is 110 cm³/mol. The minimum Gasteiger partial charge on any atom is -0.493 e. The Labute approximate surface area is 179 Å². The number of nitrogens with one attached hydrogen (secondary N) is 1. The lowest BCUT2D eigenvalue weighted by Crippen LogP contribution is -2.46. The molecular formula is C22H25FN2O6. The molecule has 2 aromatic rings. The maximum absolute atomic E-state index is 13.9. The van der Waals surface area contributed by atoms with E-state index in [1.165, 1.54) is 31.3 Å². The van der Waals surface area contributed by atoms with Crippen LogP contribution in [0.25, 0.3) is 0 Å². The second-order valence-electron chi connectivity index (χ2n) is 6.95. The number of para-hydroxylation sites is 1. The number of amides is 2. The van der Waals surface area contributed by atoms with Gasteiger partial charge < -0.3 is 29.2 Å². The van der Waals surface area contributed by atoms with Gasteiger partial charge in [0.2, 0.25) is 0 Å². The Kier molecular flexibility index (Phi) is 7.17. The fourth-order valence-corrected chi connectivity index (χ4v) is 3.46. The Morgan fingerprint density at radius 2 is 1.81 bits per heavy atom. The molecule has 1 aliphatic rings. The van der Waals surface area contributed by atoms with E-state index in [4.69, 9.17) is 18.9 Å². The molecule has 31 heavy (non-hydrogen) atoms. The Morgan fingerprint density at radius 3 is 2.48 bits per heavy atom. The highest BCUT2D eigenvalue weighted by atomic mass is 19.1. The fourth-order valence-electron chi connectivity index (χ4n) is 3.46. The average molecular weight is 432 g/mol. The van der Waals surface area contributed by atoms with Gasteiger partial charge in [0.25, 0.3) is 0 Å². The number of hydrogen-bond donors (Lipinski definition) is 1. The molecule has 2 aromatic carbocycles. The summed E-state index contributed by atoms with van der Waals surface area (Å²) >= 11 is 0. The third kappa shape index (κ3) is 5.17. The number of carbonyl (C=O) groups excluding carboxylic acids is 2. The van der Waals surface area contributed by atoms with Gasteiger partial charge in [-0.3, -0.25) is 0 Å². The van der Waals surface area contributed by atoms with Gasteiger partial charge in [-0.25, -0.2) is 14.0 Å². The van der Waals surface area contributed by atoms with Crippen LogP contribution < -0.4 is 19.5 Å². The summed E-state index contributed by atoms with van der Waals surface area (Å²) in [4.78, 5) is 26.4. The van der Waals surface area contributed by atoms with E-state index in [1.54, 1.807) is 37.4 Å². The van der Waals surface area contributed by atoms with Gasteiger partial charge in [-0.2, -0.15) is 0 Å². The Hall–Kier alpha value is -3.49. The molecule has 1 fully saturated rings. The van der Waals surface area contributed by atoms with Crippen molar-refractivity contribution in [3.05, 3.63) is 53.8 Å². The van der Waals surface area contributed by atoms with Crippen molar-refractivity contribution in [1.29, 1.82) is 0 Å². The van der Waals surface area contributed by atoms with Crippen molar-refractivity contribution in [3.8, 4) is 17.2 Å². The number of ether oxygens (including phenoxy) is 4. The lowest BCUT2D eigenvalue weighted by Gasteiger charge is -2.22. The zero-order chi connectivity index (χ0) is 22.4. The molecule has 0 radical (unpaired) electrons. The lowest BCUT2D eigenvalue weighted by molar-refractivity contribution is -0.145. The van der Waals surface area contributed by atoms with Crippen molar-refractivity contribution in [2.45, 2.75) is 25.1 Å². The maximum Gasteiger partial charge on any atom is 0.328 e. The third-order valence-electron chi connectivity index (χ3n) is 5.02. The van der Waals surface area contributed by atoms with E-state index < -0.39 is 30.0 Å². The number of rotatable bonds is 7. The summed E-state index contributed by atoms with van der Waals surface area (Å²) in [5.74, 6) is 0.135. The summed E-state index contributed by atoms with van der Waals surface area (Å²) in [6.45, 7) is 0.328. The van der Waals surface area contributed by atoms with Gasteiger partial charge >= 0.3 is 12.0 Å². The fraction of sp³-hybridized carbons (Fsp3) is 0.364. The van der Waals surface area contributed by atoms with E-state index in [0.29, 0.717) is 11.5 Å². The zero-order valence-electron chi connectivity index (χ0n) is 17.6. The number of likely N-dealkylation sites (tertiary alicyclic amines) is 1. The van der Waals surface area contributed by atoms with Gasteiger partial charge in [0.1, 0.15) is 12.1 Å². The van der Waals surface area contributed by atoms with Crippen LogP contribution in [0, 0.1) is 5.82 Å². The quantitative estimate of drug-likeness (QED) is 0.677. The van der Waals surface area contributed by atoms with Crippen LogP contribution in [0.4, 0.5) is 9.18 Å². The highest BCUT2D eigenvalue weighted by molar-refractivity contribution is 5.84. The molecule has 0 aromatic heterocycles. The molecule has 166 valence electrons. The van der Waals surface area contributed by atoms with E-state index in [1.807, 2.05) is 0 Å². The van der Waals surface area contributed by atoms with Crippen LogP contribution in [0.5, 0.6) is 17.2 Å². The van der Waals surface area contributed by atoms with E-state index in [9.17, 15) is 14.0 Å². The molecule has 1 heterocycles. The summed E-state index contributed by atoms with van der Waals surface area (Å²) in [7, 11) is 4.33.